The molecule has 4 heterocycles. The summed E-state index contributed by atoms with van der Waals surface area (Å²) < 4.78 is 7.63. The summed E-state index contributed by atoms with van der Waals surface area (Å²) in [5.41, 5.74) is 3.42. The highest BCUT2D eigenvalue weighted by atomic mass is 35.5. The molecule has 2 aromatic heterocycles. The summed E-state index contributed by atoms with van der Waals surface area (Å²) in [6.45, 7) is 8.18. The fraction of sp³-hybridized carbons (Fsp3) is 0.381. The van der Waals surface area contributed by atoms with Gasteiger partial charge in [0.1, 0.15) is 11.9 Å². The van der Waals surface area contributed by atoms with Crippen LogP contribution in [0.5, 0.6) is 0 Å². The van der Waals surface area contributed by atoms with E-state index in [-0.39, 0.29) is 17.3 Å². The fourth-order valence-electron chi connectivity index (χ4n) is 4.15. The molecular formula is C21H21ClN6OS. The molecule has 0 saturated carbocycles. The molecule has 1 aromatic carbocycles. The summed E-state index contributed by atoms with van der Waals surface area (Å²) in [5, 5.41) is 13.7. The molecule has 0 saturated heterocycles. The number of aliphatic imine (C=N–C) groups is 1. The summed E-state index contributed by atoms with van der Waals surface area (Å²) in [4.78, 5) is 10.9. The van der Waals surface area contributed by atoms with Crippen LogP contribution >= 0.6 is 23.4 Å². The maximum atomic E-state index is 6.16. The van der Waals surface area contributed by atoms with E-state index in [1.165, 1.54) is 10.5 Å². The number of allylic oxidation sites excluding steroid dienone is 2. The van der Waals surface area contributed by atoms with E-state index in [1.807, 2.05) is 49.9 Å². The number of aryl methyl sites for hydroxylation is 2. The number of halogens is 1. The fourth-order valence-corrected chi connectivity index (χ4v) is 5.79. The van der Waals surface area contributed by atoms with E-state index in [2.05, 4.69) is 38.8 Å². The van der Waals surface area contributed by atoms with Gasteiger partial charge in [0.25, 0.3) is 0 Å². The second-order valence-electron chi connectivity index (χ2n) is 7.68. The minimum absolute atomic E-state index is 0.124. The molecule has 2 aliphatic heterocycles. The first-order valence-corrected chi connectivity index (χ1v) is 11.1. The molecule has 154 valence electrons. The first-order chi connectivity index (χ1) is 14.4. The number of aromatic nitrogens is 5. The lowest BCUT2D eigenvalue weighted by molar-refractivity contribution is 0.364. The molecule has 7 nitrogen and oxygen atoms in total. The molecule has 2 aliphatic rings. The third kappa shape index (κ3) is 3.18. The minimum atomic E-state index is -0.268. The lowest BCUT2D eigenvalue weighted by Crippen LogP contribution is -2.23. The minimum Gasteiger partial charge on any atom is -0.339 e. The Kier molecular flexibility index (Phi) is 4.78. The summed E-state index contributed by atoms with van der Waals surface area (Å²) in [6, 6.07) is 7.63. The van der Waals surface area contributed by atoms with Crippen molar-refractivity contribution in [2.24, 2.45) is 10.9 Å². The van der Waals surface area contributed by atoms with Crippen LogP contribution in [0.2, 0.25) is 5.02 Å². The predicted octanol–water partition coefficient (Wildman–Crippen LogP) is 4.87. The van der Waals surface area contributed by atoms with Gasteiger partial charge in [-0.2, -0.15) is 4.98 Å². The zero-order valence-corrected chi connectivity index (χ0v) is 18.7. The molecule has 0 amide bonds. The van der Waals surface area contributed by atoms with Crippen molar-refractivity contribution >= 4 is 29.1 Å². The number of benzene rings is 1. The van der Waals surface area contributed by atoms with Crippen molar-refractivity contribution in [1.82, 2.24) is 24.9 Å². The molecule has 0 radical (unpaired) electrons. The van der Waals surface area contributed by atoms with Gasteiger partial charge < -0.3 is 4.52 Å². The highest BCUT2D eigenvalue weighted by Gasteiger charge is 2.42. The van der Waals surface area contributed by atoms with Crippen LogP contribution in [0.4, 0.5) is 0 Å². The van der Waals surface area contributed by atoms with Crippen LogP contribution in [0.25, 0.3) is 0 Å². The molecule has 3 atom stereocenters. The molecule has 9 heteroatoms. The molecule has 3 aromatic rings. The van der Waals surface area contributed by atoms with Gasteiger partial charge in [-0.05, 0) is 50.3 Å². The number of hydrogen-bond donors (Lipinski definition) is 0. The molecule has 0 N–H and O–H groups in total. The number of rotatable bonds is 3. The third-order valence-corrected chi connectivity index (χ3v) is 7.37. The molecule has 0 bridgehead atoms. The Morgan fingerprint density at radius 1 is 1.10 bits per heavy atom. The van der Waals surface area contributed by atoms with Gasteiger partial charge in [0.15, 0.2) is 11.6 Å². The third-order valence-electron chi connectivity index (χ3n) is 5.72. The van der Waals surface area contributed by atoms with Crippen molar-refractivity contribution in [3.8, 4) is 0 Å². The Bertz CT molecular complexity index is 1180. The van der Waals surface area contributed by atoms with Crippen LogP contribution in [-0.2, 0) is 6.42 Å². The van der Waals surface area contributed by atoms with E-state index < -0.39 is 0 Å². The SMILES string of the molecule is CC1=C(C)C2C(c3ccc(Cl)cc3)=N[C@@H](Cc3nc(C)no3)c3nnc(C)n3C2S1. The molecule has 0 spiro atoms. The molecule has 0 fully saturated rings. The lowest BCUT2D eigenvalue weighted by atomic mass is 9.90. The maximum absolute atomic E-state index is 6.16. The van der Waals surface area contributed by atoms with E-state index >= 15 is 0 Å². The van der Waals surface area contributed by atoms with Crippen molar-refractivity contribution in [2.45, 2.75) is 45.5 Å². The van der Waals surface area contributed by atoms with Crippen LogP contribution in [0, 0.1) is 19.8 Å². The van der Waals surface area contributed by atoms with Gasteiger partial charge in [0.05, 0.1) is 23.4 Å². The monoisotopic (exact) mass is 440 g/mol. The molecular weight excluding hydrogens is 420 g/mol. The van der Waals surface area contributed by atoms with Gasteiger partial charge in [-0.3, -0.25) is 9.56 Å². The number of nitrogens with zero attached hydrogens (tertiary/aromatic N) is 6. The maximum Gasteiger partial charge on any atom is 0.229 e. The summed E-state index contributed by atoms with van der Waals surface area (Å²) in [6.07, 6.45) is 0.474. The van der Waals surface area contributed by atoms with Crippen molar-refractivity contribution < 1.29 is 4.52 Å². The zero-order valence-electron chi connectivity index (χ0n) is 17.1. The van der Waals surface area contributed by atoms with E-state index in [9.17, 15) is 0 Å². The smallest absolute Gasteiger partial charge is 0.229 e. The highest BCUT2D eigenvalue weighted by Crippen LogP contribution is 2.52. The number of fused-ring (bicyclic) bond motifs is 3. The molecule has 30 heavy (non-hydrogen) atoms. The van der Waals surface area contributed by atoms with Gasteiger partial charge in [-0.25, -0.2) is 0 Å². The van der Waals surface area contributed by atoms with Gasteiger partial charge >= 0.3 is 0 Å². The van der Waals surface area contributed by atoms with E-state index in [0.29, 0.717) is 23.2 Å². The average molecular weight is 441 g/mol. The Morgan fingerprint density at radius 3 is 2.57 bits per heavy atom. The van der Waals surface area contributed by atoms with Crippen molar-refractivity contribution in [2.75, 3.05) is 0 Å². The van der Waals surface area contributed by atoms with Crippen LogP contribution in [0.15, 0.2) is 44.3 Å². The first kappa shape index (κ1) is 19.5. The van der Waals surface area contributed by atoms with Crippen LogP contribution < -0.4 is 0 Å². The Morgan fingerprint density at radius 2 is 1.87 bits per heavy atom. The topological polar surface area (TPSA) is 82.0 Å². The van der Waals surface area contributed by atoms with E-state index in [1.54, 1.807) is 0 Å². The first-order valence-electron chi connectivity index (χ1n) is 9.80. The quantitative estimate of drug-likeness (QED) is 0.577. The zero-order chi connectivity index (χ0) is 21.0. The Hall–Kier alpha value is -2.45. The summed E-state index contributed by atoms with van der Waals surface area (Å²) in [7, 11) is 0. The Balaban J connectivity index is 1.69. The largest absolute Gasteiger partial charge is 0.339 e. The highest BCUT2D eigenvalue weighted by molar-refractivity contribution is 8.03. The molecule has 2 unspecified atom stereocenters. The molecule has 5 rings (SSSR count). The van der Waals surface area contributed by atoms with Gasteiger partial charge in [0, 0.05) is 5.02 Å². The van der Waals surface area contributed by atoms with Crippen LogP contribution in [-0.4, -0.2) is 30.6 Å². The normalized spacial score (nSPS) is 23.2. The van der Waals surface area contributed by atoms with Gasteiger partial charge in [0.2, 0.25) is 5.89 Å². The van der Waals surface area contributed by atoms with Crippen LogP contribution in [0.1, 0.15) is 54.2 Å². The summed E-state index contributed by atoms with van der Waals surface area (Å²) in [5.74, 6) is 3.00. The number of hydrogen-bond acceptors (Lipinski definition) is 7. The van der Waals surface area contributed by atoms with Crippen molar-refractivity contribution in [3.05, 3.63) is 68.7 Å². The van der Waals surface area contributed by atoms with Gasteiger partial charge in [-0.15, -0.1) is 22.0 Å². The van der Waals surface area contributed by atoms with Gasteiger partial charge in [-0.1, -0.05) is 34.5 Å². The Labute approximate surface area is 183 Å². The van der Waals surface area contributed by atoms with Crippen molar-refractivity contribution in [3.63, 3.8) is 0 Å². The number of thioether (sulfide) groups is 1. The summed E-state index contributed by atoms with van der Waals surface area (Å²) >= 11 is 8.01. The second kappa shape index (κ2) is 7.35. The average Bonchev–Trinajstić information content (AvgIpc) is 3.35. The van der Waals surface area contributed by atoms with Crippen LogP contribution in [0.3, 0.4) is 0 Å². The van der Waals surface area contributed by atoms with E-state index in [4.69, 9.17) is 21.1 Å². The van der Waals surface area contributed by atoms with Crippen molar-refractivity contribution in [1.29, 1.82) is 0 Å². The van der Waals surface area contributed by atoms with E-state index in [0.717, 1.165) is 22.9 Å². The second-order valence-corrected chi connectivity index (χ2v) is 9.44. The standard InChI is InChI=1S/C21H21ClN6OS/c1-10-11(2)30-21-18(10)19(14-5-7-15(22)8-6-14)24-16(9-17-23-12(3)27-29-17)20-26-25-13(4)28(20)21/h5-8,16,18,21H,9H2,1-4H3/t16-,18?,21?/m0/s1. The predicted molar refractivity (Wildman–Crippen MR) is 117 cm³/mol. The molecule has 0 aliphatic carbocycles. The lowest BCUT2D eigenvalue weighted by Gasteiger charge is -2.23.